The molecule has 0 atom stereocenters. The Morgan fingerprint density at radius 1 is 1.19 bits per heavy atom. The van der Waals surface area contributed by atoms with Gasteiger partial charge in [0.2, 0.25) is 0 Å². The van der Waals surface area contributed by atoms with Crippen molar-refractivity contribution in [3.63, 3.8) is 0 Å². The Morgan fingerprint density at radius 3 is 2.57 bits per heavy atom. The first-order chi connectivity index (χ1) is 10.1. The SMILES string of the molecule is CC(C)CNCc1oc2ccc(C(C)C)cc2c1C1CC1. The molecule has 2 aromatic rings. The lowest BCUT2D eigenvalue weighted by molar-refractivity contribution is 0.481. The highest BCUT2D eigenvalue weighted by atomic mass is 16.3. The van der Waals surface area contributed by atoms with Crippen LogP contribution in [0.4, 0.5) is 0 Å². The molecule has 3 rings (SSSR count). The van der Waals surface area contributed by atoms with Crippen molar-refractivity contribution in [1.29, 1.82) is 0 Å². The molecule has 0 amide bonds. The first-order valence-corrected chi connectivity index (χ1v) is 8.32. The fourth-order valence-electron chi connectivity index (χ4n) is 2.97. The van der Waals surface area contributed by atoms with Crippen LogP contribution >= 0.6 is 0 Å². The molecule has 0 aliphatic heterocycles. The van der Waals surface area contributed by atoms with E-state index in [1.807, 2.05) is 0 Å². The number of furan rings is 1. The summed E-state index contributed by atoms with van der Waals surface area (Å²) in [5.74, 6) is 3.13. The highest BCUT2D eigenvalue weighted by Crippen LogP contribution is 2.46. The predicted molar refractivity (Wildman–Crippen MR) is 88.8 cm³/mol. The molecule has 1 aromatic heterocycles. The molecule has 1 aliphatic rings. The molecule has 1 aromatic carbocycles. The van der Waals surface area contributed by atoms with Gasteiger partial charge in [0.05, 0.1) is 6.54 Å². The van der Waals surface area contributed by atoms with Gasteiger partial charge in [0.1, 0.15) is 11.3 Å². The van der Waals surface area contributed by atoms with Crippen LogP contribution in [0, 0.1) is 5.92 Å². The number of hydrogen-bond acceptors (Lipinski definition) is 2. The first-order valence-electron chi connectivity index (χ1n) is 8.32. The van der Waals surface area contributed by atoms with E-state index in [0.717, 1.165) is 30.4 Å². The molecular formula is C19H27NO. The first kappa shape index (κ1) is 14.6. The van der Waals surface area contributed by atoms with Crippen molar-refractivity contribution in [1.82, 2.24) is 5.32 Å². The molecule has 2 heteroatoms. The third-order valence-corrected chi connectivity index (χ3v) is 4.32. The number of benzene rings is 1. The second-order valence-corrected chi connectivity index (χ2v) is 7.15. The molecule has 21 heavy (non-hydrogen) atoms. The smallest absolute Gasteiger partial charge is 0.134 e. The van der Waals surface area contributed by atoms with Gasteiger partial charge in [-0.3, -0.25) is 0 Å². The Balaban J connectivity index is 1.94. The summed E-state index contributed by atoms with van der Waals surface area (Å²) in [5, 5.41) is 4.88. The molecule has 0 unspecified atom stereocenters. The topological polar surface area (TPSA) is 25.2 Å². The Hall–Kier alpha value is -1.28. The molecule has 0 spiro atoms. The number of hydrogen-bond donors (Lipinski definition) is 1. The quantitative estimate of drug-likeness (QED) is 0.791. The highest BCUT2D eigenvalue weighted by Gasteiger charge is 2.30. The van der Waals surface area contributed by atoms with E-state index in [0.29, 0.717) is 11.8 Å². The zero-order valence-corrected chi connectivity index (χ0v) is 13.7. The van der Waals surface area contributed by atoms with Crippen molar-refractivity contribution in [2.24, 2.45) is 5.92 Å². The van der Waals surface area contributed by atoms with E-state index >= 15 is 0 Å². The van der Waals surface area contributed by atoms with Gasteiger partial charge in [0.25, 0.3) is 0 Å². The summed E-state index contributed by atoms with van der Waals surface area (Å²) in [4.78, 5) is 0. The summed E-state index contributed by atoms with van der Waals surface area (Å²) in [5.41, 5.74) is 3.94. The fraction of sp³-hybridized carbons (Fsp3) is 0.579. The third-order valence-electron chi connectivity index (χ3n) is 4.32. The van der Waals surface area contributed by atoms with Crippen molar-refractivity contribution in [2.75, 3.05) is 6.54 Å². The van der Waals surface area contributed by atoms with E-state index in [9.17, 15) is 0 Å². The molecule has 1 N–H and O–H groups in total. The van der Waals surface area contributed by atoms with E-state index in [-0.39, 0.29) is 0 Å². The molecular weight excluding hydrogens is 258 g/mol. The van der Waals surface area contributed by atoms with Crippen LogP contribution in [0.1, 0.15) is 69.3 Å². The molecule has 114 valence electrons. The molecule has 1 aliphatic carbocycles. The summed E-state index contributed by atoms with van der Waals surface area (Å²) in [7, 11) is 0. The minimum absolute atomic E-state index is 0.568. The number of nitrogens with one attached hydrogen (secondary N) is 1. The summed E-state index contributed by atoms with van der Waals surface area (Å²) in [6.45, 7) is 10.9. The highest BCUT2D eigenvalue weighted by molar-refractivity contribution is 5.84. The summed E-state index contributed by atoms with van der Waals surface area (Å²) >= 11 is 0. The summed E-state index contributed by atoms with van der Waals surface area (Å²) in [6, 6.07) is 6.71. The van der Waals surface area contributed by atoms with E-state index in [4.69, 9.17) is 4.42 Å². The van der Waals surface area contributed by atoms with Crippen LogP contribution in [-0.2, 0) is 6.54 Å². The van der Waals surface area contributed by atoms with Crippen LogP contribution < -0.4 is 5.32 Å². The van der Waals surface area contributed by atoms with Gasteiger partial charge in [-0.1, -0.05) is 33.8 Å². The van der Waals surface area contributed by atoms with E-state index in [2.05, 4.69) is 51.2 Å². The molecule has 0 bridgehead atoms. The van der Waals surface area contributed by atoms with E-state index < -0.39 is 0 Å². The molecule has 1 heterocycles. The number of rotatable bonds is 6. The van der Waals surface area contributed by atoms with Gasteiger partial charge in [-0.05, 0) is 54.8 Å². The minimum atomic E-state index is 0.568. The van der Waals surface area contributed by atoms with Crippen LogP contribution in [-0.4, -0.2) is 6.54 Å². The van der Waals surface area contributed by atoms with Crippen molar-refractivity contribution in [3.8, 4) is 0 Å². The molecule has 0 saturated heterocycles. The van der Waals surface area contributed by atoms with Gasteiger partial charge in [-0.2, -0.15) is 0 Å². The molecule has 0 radical (unpaired) electrons. The maximum atomic E-state index is 6.15. The van der Waals surface area contributed by atoms with Gasteiger partial charge in [-0.15, -0.1) is 0 Å². The fourth-order valence-corrected chi connectivity index (χ4v) is 2.97. The maximum Gasteiger partial charge on any atom is 0.134 e. The Labute approximate surface area is 127 Å². The molecule has 1 saturated carbocycles. The zero-order valence-electron chi connectivity index (χ0n) is 13.7. The summed E-state index contributed by atoms with van der Waals surface area (Å²) < 4.78 is 6.15. The second kappa shape index (κ2) is 5.84. The zero-order chi connectivity index (χ0) is 15.0. The maximum absolute atomic E-state index is 6.15. The Morgan fingerprint density at radius 2 is 1.95 bits per heavy atom. The van der Waals surface area contributed by atoms with Gasteiger partial charge < -0.3 is 9.73 Å². The second-order valence-electron chi connectivity index (χ2n) is 7.15. The van der Waals surface area contributed by atoms with Gasteiger partial charge in [0, 0.05) is 10.9 Å². The van der Waals surface area contributed by atoms with E-state index in [1.165, 1.54) is 29.4 Å². The van der Waals surface area contributed by atoms with Crippen molar-refractivity contribution >= 4 is 11.0 Å². The number of fused-ring (bicyclic) bond motifs is 1. The Bertz CT molecular complexity index is 620. The predicted octanol–water partition coefficient (Wildman–Crippen LogP) is 5.18. The van der Waals surface area contributed by atoms with Crippen LogP contribution in [0.3, 0.4) is 0 Å². The molecule has 2 nitrogen and oxygen atoms in total. The molecule has 1 fully saturated rings. The lowest BCUT2D eigenvalue weighted by atomic mass is 9.98. The average Bonchev–Trinajstić information content (AvgIpc) is 3.19. The minimum Gasteiger partial charge on any atom is -0.459 e. The van der Waals surface area contributed by atoms with Crippen molar-refractivity contribution in [3.05, 3.63) is 35.1 Å². The van der Waals surface area contributed by atoms with Gasteiger partial charge in [0.15, 0.2) is 0 Å². The monoisotopic (exact) mass is 285 g/mol. The summed E-state index contributed by atoms with van der Waals surface area (Å²) in [6.07, 6.45) is 2.63. The standard InChI is InChI=1S/C19H27NO/c1-12(2)10-20-11-18-19(14-5-6-14)16-9-15(13(3)4)7-8-17(16)21-18/h7-9,12-14,20H,5-6,10-11H2,1-4H3. The van der Waals surface area contributed by atoms with Gasteiger partial charge in [-0.25, -0.2) is 0 Å². The normalized spacial score (nSPS) is 15.5. The third kappa shape index (κ3) is 3.16. The average molecular weight is 285 g/mol. The lowest BCUT2D eigenvalue weighted by Crippen LogP contribution is -2.19. The van der Waals surface area contributed by atoms with Gasteiger partial charge >= 0.3 is 0 Å². The van der Waals surface area contributed by atoms with Crippen molar-refractivity contribution < 1.29 is 4.42 Å². The van der Waals surface area contributed by atoms with Crippen LogP contribution in [0.5, 0.6) is 0 Å². The lowest BCUT2D eigenvalue weighted by Gasteiger charge is -2.07. The van der Waals surface area contributed by atoms with Crippen LogP contribution in [0.2, 0.25) is 0 Å². The Kier molecular flexibility index (Phi) is 4.08. The largest absolute Gasteiger partial charge is 0.459 e. The van der Waals surface area contributed by atoms with E-state index in [1.54, 1.807) is 0 Å². The van der Waals surface area contributed by atoms with Crippen molar-refractivity contribution in [2.45, 2.75) is 58.9 Å². The van der Waals surface area contributed by atoms with Crippen LogP contribution in [0.25, 0.3) is 11.0 Å². The van der Waals surface area contributed by atoms with Crippen LogP contribution in [0.15, 0.2) is 22.6 Å².